The molecule has 4 nitrogen and oxygen atoms in total. The fourth-order valence-electron chi connectivity index (χ4n) is 1.59. The molecule has 0 fully saturated rings. The summed E-state index contributed by atoms with van der Waals surface area (Å²) < 4.78 is 24.4. The third-order valence-corrected chi connectivity index (χ3v) is 3.10. The van der Waals surface area contributed by atoms with Gasteiger partial charge in [0.1, 0.15) is 5.75 Å². The lowest BCUT2D eigenvalue weighted by Crippen LogP contribution is -2.03. The molecule has 0 aliphatic rings. The molecule has 6 heteroatoms. The number of esters is 1. The van der Waals surface area contributed by atoms with Crippen LogP contribution in [-0.4, -0.2) is 18.1 Å². The number of pyridine rings is 1. The largest absolute Gasteiger partial charge is 0.465 e. The lowest BCUT2D eigenvalue weighted by molar-refractivity contribution is 0.0600. The molecule has 0 aliphatic heterocycles. The maximum absolute atomic E-state index is 14.0. The molecular weight excluding hydrogens is 329 g/mol. The molecule has 20 heavy (non-hydrogen) atoms. The Morgan fingerprint density at radius 2 is 2.10 bits per heavy atom. The Bertz CT molecular complexity index is 638. The van der Waals surface area contributed by atoms with Crippen LogP contribution in [0.4, 0.5) is 4.39 Å². The number of benzene rings is 1. The summed E-state index contributed by atoms with van der Waals surface area (Å²) in [5.74, 6) is -0.809. The molecule has 0 bridgehead atoms. The normalized spacial score (nSPS) is 10.2. The summed E-state index contributed by atoms with van der Waals surface area (Å²) in [7, 11) is 1.23. The highest BCUT2D eigenvalue weighted by Crippen LogP contribution is 2.33. The van der Waals surface area contributed by atoms with Crippen LogP contribution in [0.3, 0.4) is 0 Å². The fourth-order valence-corrected chi connectivity index (χ4v) is 2.11. The van der Waals surface area contributed by atoms with Crippen LogP contribution in [0.2, 0.25) is 0 Å². The quantitative estimate of drug-likeness (QED) is 0.796. The van der Waals surface area contributed by atoms with E-state index in [1.807, 2.05) is 0 Å². The minimum Gasteiger partial charge on any atom is -0.465 e. The van der Waals surface area contributed by atoms with Crippen LogP contribution in [-0.2, 0) is 4.74 Å². The van der Waals surface area contributed by atoms with Crippen molar-refractivity contribution in [2.45, 2.75) is 6.92 Å². The van der Waals surface area contributed by atoms with Gasteiger partial charge in [-0.25, -0.2) is 9.18 Å². The molecule has 0 N–H and O–H groups in total. The number of nitrogens with zero attached hydrogens (tertiary/aromatic N) is 1. The Kier molecular flexibility index (Phi) is 4.34. The van der Waals surface area contributed by atoms with Crippen LogP contribution in [0.5, 0.6) is 11.5 Å². The van der Waals surface area contributed by atoms with E-state index < -0.39 is 11.8 Å². The molecule has 0 aliphatic carbocycles. The van der Waals surface area contributed by atoms with E-state index in [1.54, 1.807) is 25.3 Å². The summed E-state index contributed by atoms with van der Waals surface area (Å²) in [6.07, 6.45) is 1.57. The minimum absolute atomic E-state index is 0.00301. The van der Waals surface area contributed by atoms with Gasteiger partial charge in [-0.1, -0.05) is 0 Å². The molecule has 2 rings (SSSR count). The lowest BCUT2D eigenvalue weighted by Gasteiger charge is -2.10. The molecule has 1 heterocycles. The van der Waals surface area contributed by atoms with Crippen molar-refractivity contribution >= 4 is 21.9 Å². The van der Waals surface area contributed by atoms with Gasteiger partial charge in [0, 0.05) is 18.0 Å². The first-order valence-electron chi connectivity index (χ1n) is 5.69. The first-order chi connectivity index (χ1) is 9.51. The average molecular weight is 340 g/mol. The van der Waals surface area contributed by atoms with Crippen molar-refractivity contribution in [3.8, 4) is 11.5 Å². The van der Waals surface area contributed by atoms with E-state index in [2.05, 4.69) is 25.7 Å². The third kappa shape index (κ3) is 3.14. The van der Waals surface area contributed by atoms with E-state index in [1.165, 1.54) is 13.2 Å². The van der Waals surface area contributed by atoms with Gasteiger partial charge in [-0.15, -0.1) is 0 Å². The van der Waals surface area contributed by atoms with Gasteiger partial charge in [-0.3, -0.25) is 4.98 Å². The Labute approximate surface area is 123 Å². The number of methoxy groups -OCH3 is 1. The van der Waals surface area contributed by atoms with Crippen LogP contribution in [0.15, 0.2) is 34.9 Å². The van der Waals surface area contributed by atoms with E-state index in [0.29, 0.717) is 10.2 Å². The van der Waals surface area contributed by atoms with Gasteiger partial charge in [0.25, 0.3) is 0 Å². The number of aryl methyl sites for hydroxylation is 1. The zero-order chi connectivity index (χ0) is 14.7. The van der Waals surface area contributed by atoms with E-state index in [0.717, 1.165) is 11.8 Å². The van der Waals surface area contributed by atoms with Crippen molar-refractivity contribution in [3.63, 3.8) is 0 Å². The molecule has 2 aromatic rings. The number of carbonyl (C=O) groups is 1. The number of rotatable bonds is 3. The molecule has 1 aromatic heterocycles. The standard InChI is InChI=1S/C14H11BrFNO3/c1-8-5-10(3-4-17-8)20-13-11(15)6-9(7-12(13)16)14(18)19-2/h3-7H,1-2H3. The summed E-state index contributed by atoms with van der Waals surface area (Å²) in [4.78, 5) is 15.4. The van der Waals surface area contributed by atoms with Crippen LogP contribution in [0, 0.1) is 12.7 Å². The fraction of sp³-hybridized carbons (Fsp3) is 0.143. The molecule has 1 aromatic carbocycles. The number of carbonyl (C=O) groups excluding carboxylic acids is 1. The molecule has 0 atom stereocenters. The van der Waals surface area contributed by atoms with Gasteiger partial charge >= 0.3 is 5.97 Å². The highest BCUT2D eigenvalue weighted by Gasteiger charge is 2.16. The summed E-state index contributed by atoms with van der Waals surface area (Å²) in [6.45, 7) is 1.80. The Morgan fingerprint density at radius 3 is 2.70 bits per heavy atom. The predicted molar refractivity (Wildman–Crippen MR) is 74.5 cm³/mol. The highest BCUT2D eigenvalue weighted by atomic mass is 79.9. The molecule has 0 amide bonds. The Hall–Kier alpha value is -1.95. The Balaban J connectivity index is 2.36. The second-order valence-electron chi connectivity index (χ2n) is 4.00. The Morgan fingerprint density at radius 1 is 1.35 bits per heavy atom. The van der Waals surface area contributed by atoms with Gasteiger partial charge in [0.05, 0.1) is 17.1 Å². The lowest BCUT2D eigenvalue weighted by atomic mass is 10.2. The van der Waals surface area contributed by atoms with E-state index in [9.17, 15) is 9.18 Å². The van der Waals surface area contributed by atoms with Crippen LogP contribution < -0.4 is 4.74 Å². The third-order valence-electron chi connectivity index (χ3n) is 2.51. The number of hydrogen-bond acceptors (Lipinski definition) is 4. The maximum atomic E-state index is 14.0. The van der Waals surface area contributed by atoms with Gasteiger partial charge in [0.2, 0.25) is 0 Å². The average Bonchev–Trinajstić information content (AvgIpc) is 2.42. The van der Waals surface area contributed by atoms with Crippen LogP contribution in [0.25, 0.3) is 0 Å². The number of ether oxygens (including phenoxy) is 2. The summed E-state index contributed by atoms with van der Waals surface area (Å²) >= 11 is 3.18. The molecule has 0 spiro atoms. The first-order valence-corrected chi connectivity index (χ1v) is 6.48. The summed E-state index contributed by atoms with van der Waals surface area (Å²) in [5, 5.41) is 0. The van der Waals surface area contributed by atoms with Crippen molar-refractivity contribution in [1.82, 2.24) is 4.98 Å². The van der Waals surface area contributed by atoms with E-state index in [4.69, 9.17) is 4.74 Å². The van der Waals surface area contributed by atoms with Crippen LogP contribution in [0.1, 0.15) is 16.1 Å². The number of hydrogen-bond donors (Lipinski definition) is 0. The molecular formula is C14H11BrFNO3. The molecule has 0 saturated carbocycles. The van der Waals surface area contributed by atoms with Gasteiger partial charge in [0.15, 0.2) is 11.6 Å². The summed E-state index contributed by atoms with van der Waals surface area (Å²) in [6, 6.07) is 5.81. The monoisotopic (exact) mass is 339 g/mol. The first kappa shape index (κ1) is 14.5. The van der Waals surface area contributed by atoms with Crippen molar-refractivity contribution < 1.29 is 18.7 Å². The van der Waals surface area contributed by atoms with Crippen molar-refractivity contribution in [2.75, 3.05) is 7.11 Å². The number of halogens is 2. The zero-order valence-electron chi connectivity index (χ0n) is 10.8. The molecule has 104 valence electrons. The number of aromatic nitrogens is 1. The zero-order valence-corrected chi connectivity index (χ0v) is 12.4. The maximum Gasteiger partial charge on any atom is 0.337 e. The second-order valence-corrected chi connectivity index (χ2v) is 4.85. The van der Waals surface area contributed by atoms with E-state index >= 15 is 0 Å². The van der Waals surface area contributed by atoms with Crippen LogP contribution >= 0.6 is 15.9 Å². The minimum atomic E-state index is -0.658. The molecule has 0 saturated heterocycles. The molecule has 0 radical (unpaired) electrons. The molecule has 0 unspecified atom stereocenters. The van der Waals surface area contributed by atoms with Gasteiger partial charge in [-0.05, 0) is 41.1 Å². The topological polar surface area (TPSA) is 48.4 Å². The van der Waals surface area contributed by atoms with Crippen molar-refractivity contribution in [3.05, 3.63) is 52.0 Å². The van der Waals surface area contributed by atoms with E-state index in [-0.39, 0.29) is 11.3 Å². The summed E-state index contributed by atoms with van der Waals surface area (Å²) in [5.41, 5.74) is 0.861. The van der Waals surface area contributed by atoms with Crippen molar-refractivity contribution in [1.29, 1.82) is 0 Å². The smallest absolute Gasteiger partial charge is 0.337 e. The SMILES string of the molecule is COC(=O)c1cc(F)c(Oc2ccnc(C)c2)c(Br)c1. The predicted octanol–water partition coefficient (Wildman–Crippen LogP) is 3.87. The van der Waals surface area contributed by atoms with Crippen molar-refractivity contribution in [2.24, 2.45) is 0 Å². The second kappa shape index (κ2) is 6.00. The van der Waals surface area contributed by atoms with Gasteiger partial charge in [-0.2, -0.15) is 0 Å². The van der Waals surface area contributed by atoms with Gasteiger partial charge < -0.3 is 9.47 Å². The highest BCUT2D eigenvalue weighted by molar-refractivity contribution is 9.10.